The molecule has 1 aliphatic rings. The number of β-lactam (4-membered cyclic amide) rings is 1. The van der Waals surface area contributed by atoms with E-state index in [0.29, 0.717) is 11.1 Å². The Labute approximate surface area is 180 Å². The molecule has 0 bridgehead atoms. The van der Waals surface area contributed by atoms with Gasteiger partial charge in [0.05, 0.1) is 5.92 Å². The number of carboxylic acid groups (broad SMARTS) is 1. The maximum absolute atomic E-state index is 12.7. The van der Waals surface area contributed by atoms with Crippen molar-refractivity contribution < 1.29 is 37.4 Å². The summed E-state index contributed by atoms with van der Waals surface area (Å²) in [4.78, 5) is 41.6. The van der Waals surface area contributed by atoms with Gasteiger partial charge in [-0.25, -0.2) is 9.78 Å². The van der Waals surface area contributed by atoms with E-state index in [-0.39, 0.29) is 18.7 Å². The molecular weight excluding hydrogens is 431 g/mol. The van der Waals surface area contributed by atoms with Gasteiger partial charge >= 0.3 is 12.3 Å². The molecule has 1 aliphatic heterocycles. The molecule has 2 aromatic rings. The highest BCUT2D eigenvalue weighted by atomic mass is 19.4. The Kier molecular flexibility index (Phi) is 6.37. The van der Waals surface area contributed by atoms with E-state index >= 15 is 0 Å². The summed E-state index contributed by atoms with van der Waals surface area (Å²) >= 11 is 0. The summed E-state index contributed by atoms with van der Waals surface area (Å²) in [6, 6.07) is 6.83. The van der Waals surface area contributed by atoms with Gasteiger partial charge in [0.15, 0.2) is 0 Å². The van der Waals surface area contributed by atoms with Gasteiger partial charge in [-0.3, -0.25) is 14.5 Å². The molecule has 0 aliphatic carbocycles. The monoisotopic (exact) mass is 451 g/mol. The average molecular weight is 451 g/mol. The number of rotatable bonds is 7. The van der Waals surface area contributed by atoms with Crippen LogP contribution in [0.2, 0.25) is 0 Å². The van der Waals surface area contributed by atoms with Crippen LogP contribution in [0, 0.1) is 5.92 Å². The number of hydrogen-bond donors (Lipinski definition) is 2. The summed E-state index contributed by atoms with van der Waals surface area (Å²) in [5.41, 5.74) is 6.77. The second-order valence-corrected chi connectivity index (χ2v) is 7.51. The average Bonchev–Trinajstić information content (AvgIpc) is 2.68. The molecular formula is C21H20F3N3O5. The predicted molar refractivity (Wildman–Crippen MR) is 105 cm³/mol. The Bertz CT molecular complexity index is 1030. The van der Waals surface area contributed by atoms with Crippen LogP contribution in [0.3, 0.4) is 0 Å². The van der Waals surface area contributed by atoms with E-state index in [1.807, 2.05) is 0 Å². The zero-order valence-electron chi connectivity index (χ0n) is 16.9. The fourth-order valence-corrected chi connectivity index (χ4v) is 3.66. The first kappa shape index (κ1) is 23.0. The van der Waals surface area contributed by atoms with Gasteiger partial charge in [-0.1, -0.05) is 19.1 Å². The molecule has 0 spiro atoms. The fraction of sp³-hybridized carbons (Fsp3) is 0.333. The third-order valence-corrected chi connectivity index (χ3v) is 5.20. The van der Waals surface area contributed by atoms with Crippen molar-refractivity contribution in [3.8, 4) is 5.75 Å². The second-order valence-electron chi connectivity index (χ2n) is 7.51. The van der Waals surface area contributed by atoms with Crippen LogP contribution in [0.4, 0.5) is 19.0 Å². The Morgan fingerprint density at radius 1 is 1.25 bits per heavy atom. The largest absolute Gasteiger partial charge is 0.573 e. The first-order valence-electron chi connectivity index (χ1n) is 9.61. The lowest BCUT2D eigenvalue weighted by Crippen LogP contribution is -2.66. The molecule has 11 heteroatoms. The SMILES string of the molecule is C[C@@H](CC(=O)N1C(=O)[C@H](Cc2ccnc(N)c2)[C@H]1C(=O)O)c1ccc(OC(F)(F)F)cc1. The number of nitrogens with two attached hydrogens (primary N) is 1. The van der Waals surface area contributed by atoms with E-state index in [1.165, 1.54) is 24.4 Å². The maximum atomic E-state index is 12.7. The van der Waals surface area contributed by atoms with E-state index in [2.05, 4.69) is 9.72 Å². The molecule has 1 saturated heterocycles. The zero-order valence-corrected chi connectivity index (χ0v) is 16.9. The lowest BCUT2D eigenvalue weighted by molar-refractivity contribution is -0.274. The number of hydrogen-bond acceptors (Lipinski definition) is 6. The molecule has 3 N–H and O–H groups in total. The van der Waals surface area contributed by atoms with Gasteiger partial charge < -0.3 is 15.6 Å². The summed E-state index contributed by atoms with van der Waals surface area (Å²) in [6.45, 7) is 1.65. The number of carboxylic acids is 1. The van der Waals surface area contributed by atoms with Crippen LogP contribution in [0.15, 0.2) is 42.6 Å². The number of aliphatic carboxylic acids is 1. The highest BCUT2D eigenvalue weighted by molar-refractivity contribution is 6.08. The quantitative estimate of drug-likeness (QED) is 0.621. The van der Waals surface area contributed by atoms with Crippen molar-refractivity contribution >= 4 is 23.6 Å². The Morgan fingerprint density at radius 2 is 1.91 bits per heavy atom. The second kappa shape index (κ2) is 8.85. The number of carbonyl (C=O) groups is 3. The van der Waals surface area contributed by atoms with Gasteiger partial charge in [0.25, 0.3) is 0 Å². The number of amides is 2. The van der Waals surface area contributed by atoms with Crippen LogP contribution in [0.25, 0.3) is 0 Å². The molecule has 3 rings (SSSR count). The summed E-state index contributed by atoms with van der Waals surface area (Å²) in [7, 11) is 0. The smallest absolute Gasteiger partial charge is 0.480 e. The third-order valence-electron chi connectivity index (χ3n) is 5.20. The van der Waals surface area contributed by atoms with E-state index in [9.17, 15) is 32.7 Å². The highest BCUT2D eigenvalue weighted by Gasteiger charge is 2.54. The number of carbonyl (C=O) groups excluding carboxylic acids is 2. The number of anilines is 1. The standard InChI is InChI=1S/C21H20F3N3O5/c1-11(13-2-4-14(5-3-13)32-21(22,23)24)8-17(28)27-18(20(30)31)15(19(27)29)9-12-6-7-26-16(25)10-12/h2-7,10-11,15,18H,8-9H2,1H3,(H2,25,26)(H,30,31)/t11-,15+,18-/m0/s1. The molecule has 0 radical (unpaired) electrons. The number of likely N-dealkylation sites (tertiary alicyclic amines) is 1. The molecule has 8 nitrogen and oxygen atoms in total. The van der Waals surface area contributed by atoms with Crippen LogP contribution in [-0.4, -0.2) is 45.2 Å². The Balaban J connectivity index is 1.66. The third kappa shape index (κ3) is 5.16. The minimum atomic E-state index is -4.81. The number of ether oxygens (including phenoxy) is 1. The van der Waals surface area contributed by atoms with Crippen LogP contribution in [-0.2, 0) is 20.8 Å². The van der Waals surface area contributed by atoms with Crippen molar-refractivity contribution in [2.45, 2.75) is 38.1 Å². The normalized spacial score (nSPS) is 19.2. The van der Waals surface area contributed by atoms with E-state index in [4.69, 9.17) is 5.73 Å². The fourth-order valence-electron chi connectivity index (χ4n) is 3.66. The lowest BCUT2D eigenvalue weighted by Gasteiger charge is -2.43. The van der Waals surface area contributed by atoms with Gasteiger partial charge in [-0.2, -0.15) is 0 Å². The minimum Gasteiger partial charge on any atom is -0.480 e. The molecule has 170 valence electrons. The van der Waals surface area contributed by atoms with Gasteiger partial charge in [0.2, 0.25) is 11.8 Å². The first-order valence-corrected chi connectivity index (χ1v) is 9.61. The topological polar surface area (TPSA) is 123 Å². The number of pyridine rings is 1. The van der Waals surface area contributed by atoms with E-state index < -0.39 is 47.8 Å². The predicted octanol–water partition coefficient (Wildman–Crippen LogP) is 2.74. The van der Waals surface area contributed by atoms with E-state index in [1.54, 1.807) is 13.0 Å². The molecule has 1 fully saturated rings. The Hall–Kier alpha value is -3.63. The van der Waals surface area contributed by atoms with Crippen molar-refractivity contribution in [2.24, 2.45) is 5.92 Å². The maximum Gasteiger partial charge on any atom is 0.573 e. The Morgan fingerprint density at radius 3 is 2.47 bits per heavy atom. The van der Waals surface area contributed by atoms with E-state index in [0.717, 1.165) is 17.0 Å². The number of alkyl halides is 3. The number of nitrogens with zero attached hydrogens (tertiary/aromatic N) is 2. The first-order chi connectivity index (χ1) is 15.0. The lowest BCUT2D eigenvalue weighted by atomic mass is 9.81. The molecule has 3 atom stereocenters. The molecule has 32 heavy (non-hydrogen) atoms. The molecule has 1 aromatic heterocycles. The van der Waals surface area contributed by atoms with Crippen molar-refractivity contribution in [1.82, 2.24) is 9.88 Å². The van der Waals surface area contributed by atoms with Gasteiger partial charge in [-0.15, -0.1) is 13.2 Å². The van der Waals surface area contributed by atoms with Gasteiger partial charge in [0.1, 0.15) is 17.6 Å². The summed E-state index contributed by atoms with van der Waals surface area (Å²) in [5.74, 6) is -4.12. The number of aromatic nitrogens is 1. The van der Waals surface area contributed by atoms with Crippen molar-refractivity contribution in [2.75, 3.05) is 5.73 Å². The number of benzene rings is 1. The summed E-state index contributed by atoms with van der Waals surface area (Å²) < 4.78 is 40.6. The van der Waals surface area contributed by atoms with Crippen LogP contribution < -0.4 is 10.5 Å². The van der Waals surface area contributed by atoms with Crippen LogP contribution >= 0.6 is 0 Å². The zero-order chi connectivity index (χ0) is 23.6. The number of nitrogen functional groups attached to an aromatic ring is 1. The van der Waals surface area contributed by atoms with Crippen LogP contribution in [0.1, 0.15) is 30.4 Å². The molecule has 2 heterocycles. The van der Waals surface area contributed by atoms with Crippen LogP contribution in [0.5, 0.6) is 5.75 Å². The molecule has 2 amide bonds. The molecule has 1 aromatic carbocycles. The highest BCUT2D eigenvalue weighted by Crippen LogP contribution is 2.33. The molecule has 0 unspecified atom stereocenters. The van der Waals surface area contributed by atoms with Crippen molar-refractivity contribution in [1.29, 1.82) is 0 Å². The minimum absolute atomic E-state index is 0.0997. The summed E-state index contributed by atoms with van der Waals surface area (Å²) in [5, 5.41) is 9.56. The number of halogens is 3. The van der Waals surface area contributed by atoms with Crippen molar-refractivity contribution in [3.63, 3.8) is 0 Å². The number of imide groups is 1. The van der Waals surface area contributed by atoms with Crippen molar-refractivity contribution in [3.05, 3.63) is 53.7 Å². The van der Waals surface area contributed by atoms with Gasteiger partial charge in [-0.05, 0) is 47.7 Å². The van der Waals surface area contributed by atoms with Gasteiger partial charge in [0, 0.05) is 12.6 Å². The summed E-state index contributed by atoms with van der Waals surface area (Å²) in [6.07, 6.45) is -3.46. The molecule has 0 saturated carbocycles.